The van der Waals surface area contributed by atoms with Crippen LogP contribution in [0.1, 0.15) is 56.9 Å². The lowest BCUT2D eigenvalue weighted by molar-refractivity contribution is -0.140. The predicted octanol–water partition coefficient (Wildman–Crippen LogP) is 4.57. The van der Waals surface area contributed by atoms with Gasteiger partial charge in [0, 0.05) is 17.6 Å². The monoisotopic (exact) mass is 364 g/mol. The zero-order chi connectivity index (χ0) is 17.6. The average Bonchev–Trinajstić information content (AvgIpc) is 2.66. The van der Waals surface area contributed by atoms with Gasteiger partial charge in [-0.3, -0.25) is 0 Å². The van der Waals surface area contributed by atoms with Crippen molar-refractivity contribution in [3.8, 4) is 0 Å². The summed E-state index contributed by atoms with van der Waals surface area (Å²) < 4.78 is 11.8. The molecule has 0 bridgehead atoms. The maximum atomic E-state index is 10.1. The number of hydrogen-bond acceptors (Lipinski definition) is 4. The van der Waals surface area contributed by atoms with Gasteiger partial charge in [-0.2, -0.15) is 0 Å². The molecular weight excluding hydrogens is 332 g/mol. The second kappa shape index (κ2) is 8.90. The van der Waals surface area contributed by atoms with Crippen molar-refractivity contribution in [1.29, 1.82) is 0 Å². The molecule has 4 heteroatoms. The second-order valence-corrected chi connectivity index (χ2v) is 8.96. The third-order valence-electron chi connectivity index (χ3n) is 5.92. The van der Waals surface area contributed by atoms with Crippen molar-refractivity contribution < 1.29 is 14.6 Å². The van der Waals surface area contributed by atoms with Crippen molar-refractivity contribution in [2.45, 2.75) is 73.6 Å². The van der Waals surface area contributed by atoms with Crippen molar-refractivity contribution in [2.24, 2.45) is 0 Å². The van der Waals surface area contributed by atoms with E-state index in [9.17, 15) is 5.11 Å². The van der Waals surface area contributed by atoms with Crippen LogP contribution >= 0.6 is 11.8 Å². The third kappa shape index (κ3) is 4.41. The molecule has 2 fully saturated rings. The number of fused-ring (bicyclic) bond motifs is 1. The Morgan fingerprint density at radius 3 is 2.28 bits per heavy atom. The number of hydrogen-bond donors (Lipinski definition) is 1. The van der Waals surface area contributed by atoms with Crippen molar-refractivity contribution in [1.82, 2.24) is 0 Å². The van der Waals surface area contributed by atoms with E-state index >= 15 is 0 Å². The molecule has 0 aromatic heterocycles. The normalized spacial score (nSPS) is 30.6. The van der Waals surface area contributed by atoms with Gasteiger partial charge in [0.2, 0.25) is 0 Å². The van der Waals surface area contributed by atoms with Crippen LogP contribution in [0.2, 0.25) is 0 Å². The van der Waals surface area contributed by atoms with Gasteiger partial charge in [-0.15, -0.1) is 11.8 Å². The van der Waals surface area contributed by atoms with E-state index in [4.69, 9.17) is 9.47 Å². The molecule has 3 nitrogen and oxygen atoms in total. The van der Waals surface area contributed by atoms with Crippen LogP contribution in [0.3, 0.4) is 0 Å². The Morgan fingerprint density at radius 1 is 1.00 bits per heavy atom. The summed E-state index contributed by atoms with van der Waals surface area (Å²) in [6, 6.07) is 10.8. The lowest BCUT2D eigenvalue weighted by Crippen LogP contribution is -2.58. The Bertz CT molecular complexity index is 507. The number of thioether (sulfide) groups is 1. The summed E-state index contributed by atoms with van der Waals surface area (Å²) in [5.41, 5.74) is 1.32. The number of aliphatic hydroxyl groups is 1. The molecule has 25 heavy (non-hydrogen) atoms. The maximum absolute atomic E-state index is 10.1. The van der Waals surface area contributed by atoms with E-state index in [1.165, 1.54) is 44.1 Å². The van der Waals surface area contributed by atoms with Crippen LogP contribution in [0.4, 0.5) is 0 Å². The zero-order valence-electron chi connectivity index (χ0n) is 15.4. The lowest BCUT2D eigenvalue weighted by Gasteiger charge is -2.56. The maximum Gasteiger partial charge on any atom is 0.101 e. The molecule has 0 radical (unpaired) electrons. The minimum atomic E-state index is -0.528. The fraction of sp³-hybridized carbons (Fsp3) is 0.714. The zero-order valence-corrected chi connectivity index (χ0v) is 16.2. The Labute approximate surface area is 156 Å². The van der Waals surface area contributed by atoms with E-state index in [1.54, 1.807) is 7.11 Å². The van der Waals surface area contributed by atoms with Gasteiger partial charge in [0.15, 0.2) is 0 Å². The first-order chi connectivity index (χ1) is 12.2. The van der Waals surface area contributed by atoms with Crippen LogP contribution in [-0.2, 0) is 15.2 Å². The number of rotatable bonds is 8. The molecule has 2 aliphatic rings. The van der Waals surface area contributed by atoms with Gasteiger partial charge in [0.1, 0.15) is 6.10 Å². The molecule has 1 aromatic carbocycles. The lowest BCUT2D eigenvalue weighted by atomic mass is 9.66. The molecule has 3 rings (SSSR count). The highest BCUT2D eigenvalue weighted by Gasteiger charge is 2.55. The quantitative estimate of drug-likeness (QED) is 0.733. The van der Waals surface area contributed by atoms with E-state index in [0.29, 0.717) is 13.2 Å². The van der Waals surface area contributed by atoms with E-state index < -0.39 is 6.10 Å². The van der Waals surface area contributed by atoms with Gasteiger partial charge >= 0.3 is 0 Å². The SMILES string of the molecule is COCC(O)COC12CCCCC1(SCc1ccccc1)CCCC2. The highest BCUT2D eigenvalue weighted by molar-refractivity contribution is 8.00. The molecular formula is C21H32O3S. The average molecular weight is 365 g/mol. The first-order valence-corrected chi connectivity index (χ1v) is 10.7. The summed E-state index contributed by atoms with van der Waals surface area (Å²) in [6.45, 7) is 0.738. The molecule has 140 valence electrons. The molecule has 0 amide bonds. The summed E-state index contributed by atoms with van der Waals surface area (Å²) >= 11 is 2.11. The first kappa shape index (κ1) is 19.2. The Hall–Kier alpha value is -0.550. The number of methoxy groups -OCH3 is 1. The third-order valence-corrected chi connectivity index (χ3v) is 7.73. The summed E-state index contributed by atoms with van der Waals surface area (Å²) in [6.07, 6.45) is 9.31. The number of benzene rings is 1. The second-order valence-electron chi connectivity index (χ2n) is 7.60. The molecule has 0 saturated heterocycles. The van der Waals surface area contributed by atoms with Crippen molar-refractivity contribution >= 4 is 11.8 Å². The van der Waals surface area contributed by atoms with Gasteiger partial charge in [0.25, 0.3) is 0 Å². The molecule has 1 atom stereocenters. The minimum Gasteiger partial charge on any atom is -0.388 e. The van der Waals surface area contributed by atoms with E-state index in [0.717, 1.165) is 18.6 Å². The van der Waals surface area contributed by atoms with Crippen LogP contribution in [-0.4, -0.2) is 41.9 Å². The van der Waals surface area contributed by atoms with Crippen LogP contribution in [0.25, 0.3) is 0 Å². The van der Waals surface area contributed by atoms with Gasteiger partial charge < -0.3 is 14.6 Å². The Kier molecular flexibility index (Phi) is 6.84. The van der Waals surface area contributed by atoms with E-state index in [-0.39, 0.29) is 10.3 Å². The van der Waals surface area contributed by atoms with Crippen molar-refractivity contribution in [2.75, 3.05) is 20.3 Å². The highest BCUT2D eigenvalue weighted by atomic mass is 32.2. The Morgan fingerprint density at radius 2 is 1.64 bits per heavy atom. The largest absolute Gasteiger partial charge is 0.388 e. The van der Waals surface area contributed by atoms with E-state index in [2.05, 4.69) is 42.1 Å². The number of aliphatic hydroxyl groups excluding tert-OH is 1. The molecule has 0 aliphatic heterocycles. The summed E-state index contributed by atoms with van der Waals surface area (Å²) in [5, 5.41) is 10.1. The summed E-state index contributed by atoms with van der Waals surface area (Å²) in [7, 11) is 1.63. The highest BCUT2D eigenvalue weighted by Crippen LogP contribution is 2.57. The van der Waals surface area contributed by atoms with Crippen LogP contribution < -0.4 is 0 Å². The fourth-order valence-corrected chi connectivity index (χ4v) is 6.39. The minimum absolute atomic E-state index is 0.0718. The molecule has 2 saturated carbocycles. The van der Waals surface area contributed by atoms with E-state index in [1.807, 2.05) is 0 Å². The molecule has 0 heterocycles. The molecule has 2 aliphatic carbocycles. The predicted molar refractivity (Wildman–Crippen MR) is 104 cm³/mol. The van der Waals surface area contributed by atoms with Gasteiger partial charge in [-0.25, -0.2) is 0 Å². The summed E-state index contributed by atoms with van der Waals surface area (Å²) in [5.74, 6) is 1.05. The van der Waals surface area contributed by atoms with Gasteiger partial charge in [-0.05, 0) is 31.2 Å². The topological polar surface area (TPSA) is 38.7 Å². The standard InChI is InChI=1S/C21H32O3S/c1-23-15-19(22)16-24-20-11-5-7-13-21(20,14-8-6-12-20)25-17-18-9-3-2-4-10-18/h2-4,9-10,19,22H,5-8,11-17H2,1H3. The fourth-order valence-electron chi connectivity index (χ4n) is 4.65. The van der Waals surface area contributed by atoms with Crippen LogP contribution in [0.5, 0.6) is 0 Å². The number of ether oxygens (including phenoxy) is 2. The molecule has 0 spiro atoms. The van der Waals surface area contributed by atoms with Crippen molar-refractivity contribution in [3.05, 3.63) is 35.9 Å². The van der Waals surface area contributed by atoms with Gasteiger partial charge in [0.05, 0.1) is 18.8 Å². The molecule has 1 unspecified atom stereocenters. The molecule has 1 aromatic rings. The Balaban J connectivity index is 1.73. The van der Waals surface area contributed by atoms with Gasteiger partial charge in [-0.1, -0.05) is 56.0 Å². The summed E-state index contributed by atoms with van der Waals surface area (Å²) in [4.78, 5) is 0. The van der Waals surface area contributed by atoms with Crippen LogP contribution in [0, 0.1) is 0 Å². The van der Waals surface area contributed by atoms with Crippen molar-refractivity contribution in [3.63, 3.8) is 0 Å². The molecule has 1 N–H and O–H groups in total. The smallest absolute Gasteiger partial charge is 0.101 e. The first-order valence-electron chi connectivity index (χ1n) is 9.69. The van der Waals surface area contributed by atoms with Crippen LogP contribution in [0.15, 0.2) is 30.3 Å².